The standard InChI is InChI=1S/C20H24O2.C19H19NO2.C19H24O2.2C18H20OS.C11H14O.C7H14/c1-14-10-15(2)12-17(11-14)19(21)22-13-16-6-8-18(9-7-16)20(3,4)5;1-19(2,3)14-10-8-13(9-11-14)12-20-17(21)15-6-4-5-7-16(15)18(20)22;1-14-10-17(20-5)12-18(11-14)21-13-15-6-8-16(9-7-15)19(2,3)4;1-18(2,3)16-11-9-14(10-12-16)13-20-17(19)15-7-5-4-6-8-15;1-18(2,3)16-11-9-14(10-12-16)13-19-17(20)15-7-5-4-6-8-15;1-11(2,3)10-6-4-9(8-12)5-7-10;1-6(2)7(3,4)5/h6-12H,13H2,1-5H3;4-11H,12H2,1-3H3;6-12H,13H2,1-5H3;2*4-12H,13H2,1-3H3;4-8H,1-3H3;1H2,2-5H3. The molecule has 12 heteroatoms. The van der Waals surface area contributed by atoms with Crippen LogP contribution in [0, 0.1) is 26.2 Å². The highest BCUT2D eigenvalue weighted by atomic mass is 32.2. The zero-order valence-electron chi connectivity index (χ0n) is 78.7. The van der Waals surface area contributed by atoms with Crippen LogP contribution in [0.4, 0.5) is 0 Å². The van der Waals surface area contributed by atoms with Gasteiger partial charge in [0.05, 0.1) is 30.3 Å². The molecule has 0 N–H and O–H groups in total. The zero-order chi connectivity index (χ0) is 92.1. The third kappa shape index (κ3) is 34.2. The summed E-state index contributed by atoms with van der Waals surface area (Å²) >= 11 is 6.64. The minimum Gasteiger partial charge on any atom is -0.497 e. The average Bonchev–Trinajstić information content (AvgIpc) is 1.63. The van der Waals surface area contributed by atoms with Gasteiger partial charge in [-0.05, 0) is 181 Å². The van der Waals surface area contributed by atoms with Gasteiger partial charge in [-0.25, -0.2) is 4.79 Å². The number of ether oxygens (including phenoxy) is 4. The fourth-order valence-corrected chi connectivity index (χ4v) is 13.1. The van der Waals surface area contributed by atoms with Crippen molar-refractivity contribution in [1.82, 2.24) is 4.90 Å². The first-order valence-electron chi connectivity index (χ1n) is 42.6. The molecule has 1 aliphatic heterocycles. The summed E-state index contributed by atoms with van der Waals surface area (Å²) in [5.41, 5.74) is 23.0. The number of esters is 1. The van der Waals surface area contributed by atoms with Crippen molar-refractivity contribution < 1.29 is 42.9 Å². The number of carbonyl (C=O) groups excluding carboxylic acids is 5. The van der Waals surface area contributed by atoms with Gasteiger partial charge in [-0.15, -0.1) is 0 Å². The molecule has 124 heavy (non-hydrogen) atoms. The lowest BCUT2D eigenvalue weighted by Crippen LogP contribution is -2.29. The first-order valence-corrected chi connectivity index (χ1v) is 43.9. The van der Waals surface area contributed by atoms with Crippen molar-refractivity contribution in [3.8, 4) is 11.5 Å². The molecule has 10 nitrogen and oxygen atoms in total. The fourth-order valence-electron chi connectivity index (χ4n) is 12.2. The second-order valence-electron chi connectivity index (χ2n) is 38.8. The smallest absolute Gasteiger partial charge is 0.338 e. The van der Waals surface area contributed by atoms with Crippen LogP contribution < -0.4 is 9.47 Å². The Balaban J connectivity index is 0.000000228. The van der Waals surface area contributed by atoms with Crippen molar-refractivity contribution in [2.24, 2.45) is 5.41 Å². The zero-order valence-corrected chi connectivity index (χ0v) is 80.3. The van der Waals surface area contributed by atoms with Gasteiger partial charge in [0.25, 0.3) is 11.8 Å². The fraction of sp³-hybridized carbons (Fsp3) is 0.339. The number of hydrogen-bond acceptors (Lipinski definition) is 11. The van der Waals surface area contributed by atoms with Gasteiger partial charge < -0.3 is 18.9 Å². The lowest BCUT2D eigenvalue weighted by Gasteiger charge is -2.20. The van der Waals surface area contributed by atoms with E-state index in [1.807, 2.05) is 166 Å². The average molecular weight is 1700 g/mol. The first kappa shape index (κ1) is 102. The van der Waals surface area contributed by atoms with Crippen LogP contribution in [0.5, 0.6) is 11.5 Å². The Morgan fingerprint density at radius 1 is 0.387 bits per heavy atom. The Morgan fingerprint density at radius 3 is 1.07 bits per heavy atom. The minimum atomic E-state index is -0.272. The van der Waals surface area contributed by atoms with Crippen LogP contribution in [0.25, 0.3) is 0 Å². The van der Waals surface area contributed by atoms with Crippen LogP contribution >= 0.6 is 24.0 Å². The molecule has 0 unspecified atom stereocenters. The predicted molar refractivity (Wildman–Crippen MR) is 523 cm³/mol. The lowest BCUT2D eigenvalue weighted by molar-refractivity contribution is 0.0471. The Bertz CT molecular complexity index is 5090. The highest BCUT2D eigenvalue weighted by Gasteiger charge is 2.35. The molecule has 0 atom stereocenters. The summed E-state index contributed by atoms with van der Waals surface area (Å²) in [6.45, 7) is 59.5. The molecule has 654 valence electrons. The molecular weight excluding hydrogens is 1570 g/mol. The molecule has 0 radical (unpaired) electrons. The van der Waals surface area contributed by atoms with Crippen molar-refractivity contribution in [1.29, 1.82) is 0 Å². The number of methoxy groups -OCH3 is 1. The van der Waals surface area contributed by atoms with E-state index in [0.29, 0.717) is 53.5 Å². The summed E-state index contributed by atoms with van der Waals surface area (Å²) in [6.07, 6.45) is 0.867. The SMILES string of the molecule is C=C(C)C(C)(C)C.CC(C)(C)c1ccc(C=O)cc1.CC(C)(C)c1ccc(CN2C(=O)c3ccccc3C2=O)cc1.CC(C)(C)c1ccc(COC(=S)c2ccccc2)cc1.CC(C)(C)c1ccc(CSC(=O)c2ccccc2)cc1.COc1cc(C)cc(OCc2ccc(C(C)(C)C)cc2)c1.Cc1cc(C)cc(C(=O)OCc2ccc(C(C)(C)C)cc2)c1. The van der Waals surface area contributed by atoms with Gasteiger partial charge in [0.15, 0.2) is 5.05 Å². The van der Waals surface area contributed by atoms with Gasteiger partial charge in [-0.3, -0.25) is 24.1 Å². The molecule has 0 spiro atoms. The number of rotatable bonds is 16. The number of benzene rings is 11. The van der Waals surface area contributed by atoms with Crippen molar-refractivity contribution in [3.05, 3.63) is 390 Å². The number of allylic oxidation sites excluding steroid dienone is 1. The number of aldehydes is 1. The monoisotopic (exact) mass is 1700 g/mol. The molecule has 11 aromatic rings. The predicted octanol–water partition coefficient (Wildman–Crippen LogP) is 29.0. The van der Waals surface area contributed by atoms with Crippen LogP contribution in [-0.4, -0.2) is 46.2 Å². The molecule has 12 rings (SSSR count). The number of thioether (sulfide) groups is 1. The summed E-state index contributed by atoms with van der Waals surface area (Å²) in [7, 11) is 1.67. The second kappa shape index (κ2) is 46.1. The Labute approximate surface area is 753 Å². The number of amides is 2. The summed E-state index contributed by atoms with van der Waals surface area (Å²) < 4.78 is 22.2. The number of fused-ring (bicyclic) bond motifs is 1. The normalized spacial score (nSPS) is 11.8. The number of thiocarbonyl (C=S) groups is 1. The van der Waals surface area contributed by atoms with E-state index in [2.05, 4.69) is 256 Å². The van der Waals surface area contributed by atoms with E-state index in [9.17, 15) is 24.0 Å². The first-order chi connectivity index (χ1) is 57.9. The number of carbonyl (C=O) groups is 5. The van der Waals surface area contributed by atoms with Crippen LogP contribution in [0.3, 0.4) is 0 Å². The van der Waals surface area contributed by atoms with E-state index >= 15 is 0 Å². The van der Waals surface area contributed by atoms with E-state index in [-0.39, 0.29) is 55.4 Å². The summed E-state index contributed by atoms with van der Waals surface area (Å²) in [6, 6.07) is 87.7. The quantitative estimate of drug-likeness (QED) is 0.0302. The second-order valence-corrected chi connectivity index (χ2v) is 40.1. The van der Waals surface area contributed by atoms with E-state index in [1.54, 1.807) is 31.4 Å². The van der Waals surface area contributed by atoms with Gasteiger partial charge in [0, 0.05) is 28.5 Å². The highest BCUT2D eigenvalue weighted by Crippen LogP contribution is 2.32. The van der Waals surface area contributed by atoms with Crippen molar-refractivity contribution in [2.45, 2.75) is 238 Å². The van der Waals surface area contributed by atoms with Gasteiger partial charge in [0.2, 0.25) is 5.12 Å². The molecule has 1 heterocycles. The molecule has 0 bridgehead atoms. The number of aryl methyl sites for hydroxylation is 3. The molecule has 0 saturated heterocycles. The Hall–Kier alpha value is -11.1. The van der Waals surface area contributed by atoms with E-state index < -0.39 is 0 Å². The maximum atomic E-state index is 12.3. The summed E-state index contributed by atoms with van der Waals surface area (Å²) in [5.74, 6) is 1.70. The van der Waals surface area contributed by atoms with Gasteiger partial charge in [-0.1, -0.05) is 405 Å². The van der Waals surface area contributed by atoms with Crippen molar-refractivity contribution >= 4 is 58.2 Å². The summed E-state index contributed by atoms with van der Waals surface area (Å²) in [5, 5.41) is 0.677. The van der Waals surface area contributed by atoms with Gasteiger partial charge in [0.1, 0.15) is 37.6 Å². The Morgan fingerprint density at radius 2 is 0.710 bits per heavy atom. The van der Waals surface area contributed by atoms with Crippen molar-refractivity contribution in [3.63, 3.8) is 0 Å². The van der Waals surface area contributed by atoms with Crippen molar-refractivity contribution in [2.75, 3.05) is 7.11 Å². The largest absolute Gasteiger partial charge is 0.497 e. The number of nitrogens with zero attached hydrogens (tertiary/aromatic N) is 1. The van der Waals surface area contributed by atoms with Crippen LogP contribution in [-0.2, 0) is 74.1 Å². The number of hydrogen-bond donors (Lipinski definition) is 0. The maximum Gasteiger partial charge on any atom is 0.338 e. The molecule has 0 aliphatic carbocycles. The van der Waals surface area contributed by atoms with E-state index in [1.165, 1.54) is 66.7 Å². The molecule has 0 saturated carbocycles. The molecule has 1 aliphatic rings. The number of imide groups is 1. The van der Waals surface area contributed by atoms with E-state index in [4.69, 9.17) is 31.2 Å². The van der Waals surface area contributed by atoms with Gasteiger partial charge in [-0.2, -0.15) is 0 Å². The minimum absolute atomic E-state index is 0.0913. The third-order valence-electron chi connectivity index (χ3n) is 20.8. The molecular formula is C112H135NO9S2. The maximum absolute atomic E-state index is 12.3. The molecule has 0 aromatic heterocycles. The van der Waals surface area contributed by atoms with Crippen LogP contribution in [0.1, 0.15) is 288 Å². The lowest BCUT2D eigenvalue weighted by atomic mass is 9.87. The highest BCUT2D eigenvalue weighted by molar-refractivity contribution is 8.13. The van der Waals surface area contributed by atoms with Crippen LogP contribution in [0.2, 0.25) is 0 Å². The van der Waals surface area contributed by atoms with E-state index in [0.717, 1.165) is 73.6 Å². The summed E-state index contributed by atoms with van der Waals surface area (Å²) in [4.78, 5) is 60.5. The Kier molecular flexibility index (Phi) is 37.8. The topological polar surface area (TPSA) is 126 Å². The molecule has 11 aromatic carbocycles. The molecule has 0 fully saturated rings. The third-order valence-corrected chi connectivity index (χ3v) is 22.1. The van der Waals surface area contributed by atoms with Crippen LogP contribution in [0.15, 0.2) is 279 Å². The van der Waals surface area contributed by atoms with Gasteiger partial charge >= 0.3 is 5.97 Å². The molecule has 2 amide bonds.